The van der Waals surface area contributed by atoms with Crippen LogP contribution in [0.15, 0.2) is 54.6 Å². The number of hydrogen-bond acceptors (Lipinski definition) is 3. The van der Waals surface area contributed by atoms with Gasteiger partial charge in [0, 0.05) is 5.92 Å². The fraction of sp³-hybridized carbons (Fsp3) is 0.200. The third kappa shape index (κ3) is 3.50. The molecule has 0 bridgehead atoms. The van der Waals surface area contributed by atoms with Gasteiger partial charge in [-0.2, -0.15) is 0 Å². The molecule has 0 unspecified atom stereocenters. The molecule has 0 aromatic heterocycles. The first kappa shape index (κ1) is 17.0. The van der Waals surface area contributed by atoms with E-state index < -0.39 is 23.6 Å². The molecule has 3 nitrogen and oxygen atoms in total. The molecule has 2 aromatic rings. The second-order valence-electron chi connectivity index (χ2n) is 5.94. The van der Waals surface area contributed by atoms with Crippen molar-refractivity contribution in [3.05, 3.63) is 77.4 Å². The summed E-state index contributed by atoms with van der Waals surface area (Å²) in [5.74, 6) is -3.19. The molecule has 0 radical (unpaired) electrons. The Balaban J connectivity index is 2.02. The van der Waals surface area contributed by atoms with Gasteiger partial charge in [0.05, 0.1) is 7.11 Å². The zero-order chi connectivity index (χ0) is 18.0. The number of rotatable bonds is 3. The van der Waals surface area contributed by atoms with E-state index in [1.165, 1.54) is 37.5 Å². The maximum Gasteiger partial charge on any atom is 0.317 e. The first-order chi connectivity index (χ1) is 12.0. The number of ketones is 1. The van der Waals surface area contributed by atoms with Crippen LogP contribution in [0.4, 0.5) is 8.78 Å². The van der Waals surface area contributed by atoms with E-state index >= 15 is 0 Å². The predicted octanol–water partition coefficient (Wildman–Crippen LogP) is 3.89. The van der Waals surface area contributed by atoms with Crippen molar-refractivity contribution in [1.82, 2.24) is 0 Å². The Morgan fingerprint density at radius 1 is 1.00 bits per heavy atom. The Morgan fingerprint density at radius 3 is 2.12 bits per heavy atom. The van der Waals surface area contributed by atoms with Gasteiger partial charge in [-0.25, -0.2) is 8.78 Å². The van der Waals surface area contributed by atoms with Gasteiger partial charge in [-0.05, 0) is 53.5 Å². The fourth-order valence-corrected chi connectivity index (χ4v) is 3.17. The van der Waals surface area contributed by atoms with Crippen molar-refractivity contribution in [3.63, 3.8) is 0 Å². The summed E-state index contributed by atoms with van der Waals surface area (Å²) >= 11 is 0. The Kier molecular flexibility index (Phi) is 4.74. The number of carbonyl (C=O) groups is 2. The third-order valence-electron chi connectivity index (χ3n) is 4.43. The van der Waals surface area contributed by atoms with E-state index in [-0.39, 0.29) is 11.6 Å². The Labute approximate surface area is 143 Å². The van der Waals surface area contributed by atoms with Crippen LogP contribution in [0.2, 0.25) is 0 Å². The molecule has 5 heteroatoms. The molecule has 0 saturated carbocycles. The summed E-state index contributed by atoms with van der Waals surface area (Å²) in [6.45, 7) is 0. The first-order valence-electron chi connectivity index (χ1n) is 7.83. The topological polar surface area (TPSA) is 43.4 Å². The van der Waals surface area contributed by atoms with Crippen molar-refractivity contribution in [2.24, 2.45) is 5.92 Å². The number of benzene rings is 2. The largest absolute Gasteiger partial charge is 0.468 e. The average Bonchev–Trinajstić information content (AvgIpc) is 2.61. The lowest BCUT2D eigenvalue weighted by atomic mass is 9.73. The van der Waals surface area contributed by atoms with Gasteiger partial charge in [-0.3, -0.25) is 9.59 Å². The van der Waals surface area contributed by atoms with Crippen molar-refractivity contribution in [1.29, 1.82) is 0 Å². The molecule has 0 aliphatic heterocycles. The third-order valence-corrected chi connectivity index (χ3v) is 4.43. The second kappa shape index (κ2) is 6.97. The van der Waals surface area contributed by atoms with Gasteiger partial charge < -0.3 is 4.74 Å². The van der Waals surface area contributed by atoms with Gasteiger partial charge in [0.1, 0.15) is 17.6 Å². The minimum absolute atomic E-state index is 0.367. The van der Waals surface area contributed by atoms with E-state index in [1.54, 1.807) is 24.3 Å². The van der Waals surface area contributed by atoms with E-state index in [2.05, 4.69) is 0 Å². The summed E-state index contributed by atoms with van der Waals surface area (Å²) in [7, 11) is 1.23. The lowest BCUT2D eigenvalue weighted by Crippen LogP contribution is -2.33. The normalized spacial score (nSPS) is 20.1. The number of methoxy groups -OCH3 is 1. The molecule has 0 heterocycles. The van der Waals surface area contributed by atoms with Crippen molar-refractivity contribution in [2.45, 2.75) is 12.3 Å². The van der Waals surface area contributed by atoms with Crippen LogP contribution in [0.1, 0.15) is 23.5 Å². The van der Waals surface area contributed by atoms with Gasteiger partial charge in [-0.15, -0.1) is 0 Å². The van der Waals surface area contributed by atoms with Crippen molar-refractivity contribution in [2.75, 3.05) is 7.11 Å². The van der Waals surface area contributed by atoms with Gasteiger partial charge in [0.15, 0.2) is 5.78 Å². The summed E-state index contributed by atoms with van der Waals surface area (Å²) in [5.41, 5.74) is 2.10. The van der Waals surface area contributed by atoms with Crippen LogP contribution < -0.4 is 0 Å². The summed E-state index contributed by atoms with van der Waals surface area (Å²) in [6.07, 6.45) is 1.80. The zero-order valence-corrected chi connectivity index (χ0v) is 13.5. The SMILES string of the molecule is COC(=O)[C@H]1C(=O)C=C(c2ccc(F)cc2)C[C@@H]1c1ccc(F)cc1. The molecule has 0 spiro atoms. The minimum Gasteiger partial charge on any atom is -0.468 e. The minimum atomic E-state index is -0.973. The molecular weight excluding hydrogens is 326 g/mol. The molecular formula is C20H16F2O3. The molecule has 1 aliphatic carbocycles. The molecule has 0 saturated heterocycles. The Hall–Kier alpha value is -2.82. The van der Waals surface area contributed by atoms with Gasteiger partial charge in [0.2, 0.25) is 0 Å². The monoisotopic (exact) mass is 342 g/mol. The number of halogens is 2. The van der Waals surface area contributed by atoms with Gasteiger partial charge >= 0.3 is 5.97 Å². The number of carbonyl (C=O) groups excluding carboxylic acids is 2. The van der Waals surface area contributed by atoms with Crippen LogP contribution >= 0.6 is 0 Å². The van der Waals surface area contributed by atoms with Crippen molar-refractivity contribution in [3.8, 4) is 0 Å². The Morgan fingerprint density at radius 2 is 1.56 bits per heavy atom. The Bertz CT molecular complexity index is 823. The summed E-state index contributed by atoms with van der Waals surface area (Å²) in [6, 6.07) is 11.5. The standard InChI is InChI=1S/C20H16F2O3/c1-25-20(24)19-17(13-4-8-16(22)9-5-13)10-14(11-18(19)23)12-2-6-15(21)7-3-12/h2-9,11,17,19H,10H2,1H3/t17-,19-/m1/s1. The number of allylic oxidation sites excluding steroid dienone is 2. The highest BCUT2D eigenvalue weighted by Gasteiger charge is 2.39. The molecule has 3 rings (SSSR count). The van der Waals surface area contributed by atoms with Crippen LogP contribution in [0.5, 0.6) is 0 Å². The highest BCUT2D eigenvalue weighted by molar-refractivity contribution is 6.10. The quantitative estimate of drug-likeness (QED) is 0.628. The summed E-state index contributed by atoms with van der Waals surface area (Å²) in [5, 5.41) is 0. The van der Waals surface area contributed by atoms with Crippen LogP contribution in [0, 0.1) is 17.6 Å². The van der Waals surface area contributed by atoms with Crippen molar-refractivity contribution >= 4 is 17.3 Å². The molecule has 0 N–H and O–H groups in total. The molecule has 2 aromatic carbocycles. The van der Waals surface area contributed by atoms with E-state index in [0.717, 1.165) is 0 Å². The van der Waals surface area contributed by atoms with E-state index in [9.17, 15) is 18.4 Å². The second-order valence-corrected chi connectivity index (χ2v) is 5.94. The van der Waals surface area contributed by atoms with Gasteiger partial charge in [0.25, 0.3) is 0 Å². The van der Waals surface area contributed by atoms with E-state index in [0.29, 0.717) is 23.1 Å². The maximum atomic E-state index is 13.2. The molecule has 0 fully saturated rings. The molecule has 1 aliphatic rings. The molecule has 25 heavy (non-hydrogen) atoms. The fourth-order valence-electron chi connectivity index (χ4n) is 3.17. The lowest BCUT2D eigenvalue weighted by Gasteiger charge is -2.29. The van der Waals surface area contributed by atoms with E-state index in [1.807, 2.05) is 0 Å². The van der Waals surface area contributed by atoms with Crippen LogP contribution in [0.25, 0.3) is 5.57 Å². The molecule has 128 valence electrons. The highest BCUT2D eigenvalue weighted by Crippen LogP contribution is 2.40. The number of esters is 1. The van der Waals surface area contributed by atoms with Gasteiger partial charge in [-0.1, -0.05) is 24.3 Å². The van der Waals surface area contributed by atoms with Crippen LogP contribution in [-0.4, -0.2) is 18.9 Å². The number of ether oxygens (including phenoxy) is 1. The van der Waals surface area contributed by atoms with Crippen molar-refractivity contribution < 1.29 is 23.1 Å². The highest BCUT2D eigenvalue weighted by atomic mass is 19.1. The van der Waals surface area contributed by atoms with E-state index in [4.69, 9.17) is 4.74 Å². The zero-order valence-electron chi connectivity index (χ0n) is 13.5. The van der Waals surface area contributed by atoms with Crippen LogP contribution in [-0.2, 0) is 14.3 Å². The predicted molar refractivity (Wildman–Crippen MR) is 88.6 cm³/mol. The smallest absolute Gasteiger partial charge is 0.317 e. The first-order valence-corrected chi connectivity index (χ1v) is 7.83. The van der Waals surface area contributed by atoms with Crippen LogP contribution in [0.3, 0.4) is 0 Å². The summed E-state index contributed by atoms with van der Waals surface area (Å²) < 4.78 is 31.1. The number of hydrogen-bond donors (Lipinski definition) is 0. The lowest BCUT2D eigenvalue weighted by molar-refractivity contribution is -0.149. The average molecular weight is 342 g/mol. The maximum absolute atomic E-state index is 13.2. The summed E-state index contributed by atoms with van der Waals surface area (Å²) in [4.78, 5) is 24.7. The molecule has 0 amide bonds. The molecule has 2 atom stereocenters.